The van der Waals surface area contributed by atoms with Crippen molar-refractivity contribution in [2.24, 2.45) is 27.8 Å². The summed E-state index contributed by atoms with van der Waals surface area (Å²) in [6, 6.07) is 0.316. The second-order valence-electron chi connectivity index (χ2n) is 12.0. The number of alkyl halides is 1. The first-order valence-corrected chi connectivity index (χ1v) is 15.3. The normalized spacial score (nSPS) is 32.9. The van der Waals surface area contributed by atoms with Crippen molar-refractivity contribution in [3.63, 3.8) is 0 Å². The Morgan fingerprint density at radius 1 is 1.26 bits per heavy atom. The van der Waals surface area contributed by atoms with Crippen molar-refractivity contribution in [1.29, 1.82) is 0 Å². The summed E-state index contributed by atoms with van der Waals surface area (Å²) in [5.41, 5.74) is 12.8. The number of amides is 1. The van der Waals surface area contributed by atoms with E-state index < -0.39 is 12.1 Å². The Kier molecular flexibility index (Phi) is 12.7. The van der Waals surface area contributed by atoms with Crippen LogP contribution in [0.15, 0.2) is 4.99 Å². The van der Waals surface area contributed by atoms with Crippen LogP contribution >= 0.6 is 11.6 Å². The van der Waals surface area contributed by atoms with Crippen LogP contribution in [-0.4, -0.2) is 111 Å². The molecule has 9 nitrogen and oxygen atoms in total. The molecule has 6 unspecified atom stereocenters. The number of hydrogen-bond acceptors (Lipinski definition) is 8. The van der Waals surface area contributed by atoms with Gasteiger partial charge in [-0.05, 0) is 57.5 Å². The van der Waals surface area contributed by atoms with Gasteiger partial charge in [0, 0.05) is 51.6 Å². The van der Waals surface area contributed by atoms with Gasteiger partial charge in [0.1, 0.15) is 0 Å². The van der Waals surface area contributed by atoms with Crippen LogP contribution in [-0.2, 0) is 9.53 Å². The van der Waals surface area contributed by atoms with Crippen molar-refractivity contribution >= 4 is 23.7 Å². The van der Waals surface area contributed by atoms with E-state index in [1.165, 1.54) is 0 Å². The van der Waals surface area contributed by atoms with E-state index in [0.29, 0.717) is 12.6 Å². The van der Waals surface area contributed by atoms with Crippen LogP contribution in [0.3, 0.4) is 0 Å². The van der Waals surface area contributed by atoms with E-state index in [0.717, 1.165) is 84.1 Å². The van der Waals surface area contributed by atoms with Gasteiger partial charge in [0.2, 0.25) is 5.91 Å². The lowest BCUT2D eigenvalue weighted by molar-refractivity contribution is -0.128. The minimum Gasteiger partial charge on any atom is -0.383 e. The lowest BCUT2D eigenvalue weighted by Crippen LogP contribution is -2.66. The quantitative estimate of drug-likeness (QED) is 0.226. The highest BCUT2D eigenvalue weighted by Crippen LogP contribution is 2.43. The van der Waals surface area contributed by atoms with Gasteiger partial charge in [-0.3, -0.25) is 19.6 Å². The molecule has 0 aromatic heterocycles. The Bertz CT molecular complexity index is 749. The molecule has 6 atom stereocenters. The predicted molar refractivity (Wildman–Crippen MR) is 157 cm³/mol. The van der Waals surface area contributed by atoms with Crippen LogP contribution in [0.4, 0.5) is 0 Å². The topological polar surface area (TPSA) is 121 Å². The predicted octanol–water partition coefficient (Wildman–Crippen LogP) is 1.77. The second kappa shape index (κ2) is 15.3. The Morgan fingerprint density at radius 3 is 2.66 bits per heavy atom. The SMILES string of the molecule is CCCC1(CCC)CCC(Cl)/C=N\C(C(C(=O)NC2CNCCC2N2CCN(C)C(COC)C2)C(N)N)C1. The standard InChI is InChI=1S/C28H54ClN7O2/c1-5-9-28(10-6-2)11-7-20(29)16-33-22(15-28)25(26(30)31)27(37)34-23-17-32-12-8-24(23)36-14-13-35(3)21(18-36)19-38-4/h16,20-26,32H,5-15,17-19,30-31H2,1-4H3,(H,34,37)/b33-16-. The molecule has 220 valence electrons. The van der Waals surface area contributed by atoms with Gasteiger partial charge in [-0.25, -0.2) is 0 Å². The van der Waals surface area contributed by atoms with E-state index in [4.69, 9.17) is 32.8 Å². The van der Waals surface area contributed by atoms with Crippen molar-refractivity contribution in [3.8, 4) is 0 Å². The fraction of sp³-hybridized carbons (Fsp3) is 0.929. The van der Waals surface area contributed by atoms with Crippen LogP contribution in [0.25, 0.3) is 0 Å². The van der Waals surface area contributed by atoms with E-state index in [1.807, 2.05) is 6.21 Å². The summed E-state index contributed by atoms with van der Waals surface area (Å²) < 4.78 is 5.48. The summed E-state index contributed by atoms with van der Waals surface area (Å²) >= 11 is 6.62. The van der Waals surface area contributed by atoms with Crippen LogP contribution in [0.1, 0.15) is 65.2 Å². The number of halogens is 1. The average molecular weight is 556 g/mol. The number of aliphatic imine (C=N–C) groups is 1. The number of rotatable bonds is 11. The molecule has 3 heterocycles. The highest BCUT2D eigenvalue weighted by atomic mass is 35.5. The van der Waals surface area contributed by atoms with Gasteiger partial charge < -0.3 is 26.8 Å². The Labute approximate surface area is 235 Å². The zero-order chi connectivity index (χ0) is 27.7. The van der Waals surface area contributed by atoms with Gasteiger partial charge in [0.25, 0.3) is 0 Å². The van der Waals surface area contributed by atoms with Crippen LogP contribution in [0.2, 0.25) is 0 Å². The smallest absolute Gasteiger partial charge is 0.228 e. The molecule has 38 heavy (non-hydrogen) atoms. The van der Waals surface area contributed by atoms with E-state index in [9.17, 15) is 4.79 Å². The van der Waals surface area contributed by atoms with Crippen molar-refractivity contribution in [2.45, 2.75) is 101 Å². The van der Waals surface area contributed by atoms with Crippen molar-refractivity contribution in [2.75, 3.05) is 53.5 Å². The first-order chi connectivity index (χ1) is 18.2. The number of nitrogens with two attached hydrogens (primary N) is 2. The summed E-state index contributed by atoms with van der Waals surface area (Å²) in [7, 11) is 3.92. The van der Waals surface area contributed by atoms with Gasteiger partial charge in [-0.2, -0.15) is 0 Å². The van der Waals surface area contributed by atoms with Crippen LogP contribution < -0.4 is 22.1 Å². The van der Waals surface area contributed by atoms with E-state index in [2.05, 4.69) is 41.3 Å². The van der Waals surface area contributed by atoms with E-state index >= 15 is 0 Å². The molecule has 2 saturated heterocycles. The molecule has 1 amide bonds. The zero-order valence-corrected chi connectivity index (χ0v) is 25.0. The lowest BCUT2D eigenvalue weighted by atomic mass is 9.68. The second-order valence-corrected chi connectivity index (χ2v) is 12.5. The van der Waals surface area contributed by atoms with Crippen LogP contribution in [0.5, 0.6) is 0 Å². The number of likely N-dealkylation sites (N-methyl/N-ethyl adjacent to an activating group) is 1. The summed E-state index contributed by atoms with van der Waals surface area (Å²) in [5.74, 6) is -0.686. The molecule has 6 N–H and O–H groups in total. The van der Waals surface area contributed by atoms with Gasteiger partial charge in [0.05, 0.1) is 36.2 Å². The summed E-state index contributed by atoms with van der Waals surface area (Å²) in [4.78, 5) is 23.7. The number of nitrogens with one attached hydrogen (secondary N) is 2. The Morgan fingerprint density at radius 2 is 2.00 bits per heavy atom. The number of ether oxygens (including phenoxy) is 1. The maximum absolute atomic E-state index is 14.0. The molecule has 0 bridgehead atoms. The number of carbonyl (C=O) groups is 1. The first-order valence-electron chi connectivity index (χ1n) is 14.9. The molecule has 0 aromatic rings. The Balaban J connectivity index is 1.79. The molecule has 0 aliphatic carbocycles. The zero-order valence-electron chi connectivity index (χ0n) is 24.2. The largest absolute Gasteiger partial charge is 0.383 e. The highest BCUT2D eigenvalue weighted by molar-refractivity contribution is 6.28. The number of carbonyl (C=O) groups excluding carboxylic acids is 1. The van der Waals surface area contributed by atoms with Gasteiger partial charge in [-0.15, -0.1) is 11.6 Å². The van der Waals surface area contributed by atoms with Crippen LogP contribution in [0, 0.1) is 11.3 Å². The maximum Gasteiger partial charge on any atom is 0.228 e. The number of methoxy groups -OCH3 is 1. The highest BCUT2D eigenvalue weighted by Gasteiger charge is 2.42. The minimum atomic E-state index is -0.795. The third kappa shape index (κ3) is 8.35. The molecule has 0 aromatic carbocycles. The molecule has 3 aliphatic heterocycles. The Hall–Kier alpha value is -0.810. The van der Waals surface area contributed by atoms with Crippen molar-refractivity contribution in [3.05, 3.63) is 0 Å². The fourth-order valence-electron chi connectivity index (χ4n) is 7.14. The molecule has 0 saturated carbocycles. The van der Waals surface area contributed by atoms with Gasteiger partial charge >= 0.3 is 0 Å². The van der Waals surface area contributed by atoms with Crippen molar-refractivity contribution < 1.29 is 9.53 Å². The molecule has 0 radical (unpaired) electrons. The summed E-state index contributed by atoms with van der Waals surface area (Å²) in [6.07, 6.45) is 9.18. The van der Waals surface area contributed by atoms with Crippen molar-refractivity contribution in [1.82, 2.24) is 20.4 Å². The molecular formula is C28H54ClN7O2. The number of piperazine rings is 1. The number of hydrogen-bond donors (Lipinski definition) is 4. The van der Waals surface area contributed by atoms with E-state index in [1.54, 1.807) is 7.11 Å². The summed E-state index contributed by atoms with van der Waals surface area (Å²) in [6.45, 7) is 9.75. The molecule has 10 heteroatoms. The third-order valence-electron chi connectivity index (χ3n) is 9.13. The third-order valence-corrected chi connectivity index (χ3v) is 9.47. The maximum atomic E-state index is 14.0. The minimum absolute atomic E-state index is 0.0153. The summed E-state index contributed by atoms with van der Waals surface area (Å²) in [5, 5.41) is 6.74. The number of nitrogens with zero attached hydrogens (tertiary/aromatic N) is 3. The molecular weight excluding hydrogens is 502 g/mol. The van der Waals surface area contributed by atoms with Gasteiger partial charge in [0.15, 0.2) is 0 Å². The fourth-order valence-corrected chi connectivity index (χ4v) is 7.31. The van der Waals surface area contributed by atoms with E-state index in [-0.39, 0.29) is 34.8 Å². The van der Waals surface area contributed by atoms with Gasteiger partial charge in [-0.1, -0.05) is 26.7 Å². The first kappa shape index (κ1) is 31.7. The average Bonchev–Trinajstić information content (AvgIpc) is 2.87. The lowest BCUT2D eigenvalue weighted by Gasteiger charge is -2.47. The molecule has 0 spiro atoms. The monoisotopic (exact) mass is 555 g/mol. The number of piperidine rings is 1. The molecule has 3 rings (SSSR count). The molecule has 2 fully saturated rings. The molecule has 3 aliphatic rings.